The summed E-state index contributed by atoms with van der Waals surface area (Å²) in [5, 5.41) is 9.65. The third kappa shape index (κ3) is 2.63. The zero-order valence-corrected chi connectivity index (χ0v) is 10.3. The van der Waals surface area contributed by atoms with Gasteiger partial charge in [-0.15, -0.1) is 0 Å². The molecule has 0 fully saturated rings. The maximum atomic E-state index is 11.4. The Bertz CT molecular complexity index is 632. The van der Waals surface area contributed by atoms with Crippen LogP contribution in [-0.2, 0) is 4.74 Å². The molecule has 2 aromatic rings. The molecule has 0 aliphatic carbocycles. The lowest BCUT2D eigenvalue weighted by Crippen LogP contribution is -2.00. The number of carbonyl (C=O) groups is 2. The van der Waals surface area contributed by atoms with Crippen molar-refractivity contribution in [2.24, 2.45) is 0 Å². The molecule has 0 amide bonds. The van der Waals surface area contributed by atoms with Crippen molar-refractivity contribution in [1.29, 1.82) is 0 Å². The maximum absolute atomic E-state index is 11.4. The smallest absolute Gasteiger partial charge is 0.337 e. The number of phenols is 1. The van der Waals surface area contributed by atoms with E-state index in [1.807, 2.05) is 6.07 Å². The van der Waals surface area contributed by atoms with E-state index in [2.05, 4.69) is 4.74 Å². The highest BCUT2D eigenvalue weighted by Gasteiger charge is 2.08. The lowest BCUT2D eigenvalue weighted by atomic mass is 10.0. The Kier molecular flexibility index (Phi) is 3.61. The number of rotatable bonds is 3. The summed E-state index contributed by atoms with van der Waals surface area (Å²) in [6.07, 6.45) is 0.587. The Morgan fingerprint density at radius 2 is 1.89 bits per heavy atom. The summed E-state index contributed by atoms with van der Waals surface area (Å²) >= 11 is 0. The molecule has 19 heavy (non-hydrogen) atoms. The minimum absolute atomic E-state index is 0.0871. The first-order chi connectivity index (χ1) is 9.15. The number of ether oxygens (including phenoxy) is 1. The van der Waals surface area contributed by atoms with E-state index in [9.17, 15) is 14.7 Å². The number of hydrogen-bond donors (Lipinski definition) is 1. The average Bonchev–Trinajstić information content (AvgIpc) is 2.46. The van der Waals surface area contributed by atoms with E-state index >= 15 is 0 Å². The highest BCUT2D eigenvalue weighted by molar-refractivity contribution is 5.91. The average molecular weight is 256 g/mol. The van der Waals surface area contributed by atoms with E-state index in [-0.39, 0.29) is 11.3 Å². The van der Waals surface area contributed by atoms with Crippen LogP contribution in [0.4, 0.5) is 0 Å². The quantitative estimate of drug-likeness (QED) is 0.677. The van der Waals surface area contributed by atoms with Crippen LogP contribution in [0.5, 0.6) is 5.75 Å². The van der Waals surface area contributed by atoms with Crippen LogP contribution in [-0.4, -0.2) is 24.5 Å². The second kappa shape index (κ2) is 5.35. The van der Waals surface area contributed by atoms with Gasteiger partial charge in [0.05, 0.1) is 18.2 Å². The summed E-state index contributed by atoms with van der Waals surface area (Å²) < 4.78 is 4.65. The van der Waals surface area contributed by atoms with E-state index in [0.29, 0.717) is 17.4 Å². The summed E-state index contributed by atoms with van der Waals surface area (Å²) in [4.78, 5) is 22.1. The maximum Gasteiger partial charge on any atom is 0.337 e. The number of aromatic hydroxyl groups is 1. The first kappa shape index (κ1) is 12.8. The van der Waals surface area contributed by atoms with Gasteiger partial charge in [-0.1, -0.05) is 18.2 Å². The molecule has 0 saturated heterocycles. The Morgan fingerprint density at radius 3 is 2.53 bits per heavy atom. The van der Waals surface area contributed by atoms with Crippen LogP contribution < -0.4 is 0 Å². The van der Waals surface area contributed by atoms with Gasteiger partial charge in [-0.25, -0.2) is 4.79 Å². The van der Waals surface area contributed by atoms with Crippen molar-refractivity contribution in [3.63, 3.8) is 0 Å². The predicted octanol–water partition coefficient (Wildman–Crippen LogP) is 2.66. The second-order valence-corrected chi connectivity index (χ2v) is 3.96. The van der Waals surface area contributed by atoms with Crippen LogP contribution in [0.1, 0.15) is 20.7 Å². The van der Waals surface area contributed by atoms with Crippen LogP contribution in [0.3, 0.4) is 0 Å². The van der Waals surface area contributed by atoms with Gasteiger partial charge in [-0.2, -0.15) is 0 Å². The highest BCUT2D eigenvalue weighted by Crippen LogP contribution is 2.26. The second-order valence-electron chi connectivity index (χ2n) is 3.96. The topological polar surface area (TPSA) is 63.6 Å². The summed E-state index contributed by atoms with van der Waals surface area (Å²) in [6, 6.07) is 11.6. The summed E-state index contributed by atoms with van der Waals surface area (Å²) in [5.41, 5.74) is 2.14. The van der Waals surface area contributed by atoms with Crippen molar-refractivity contribution >= 4 is 12.3 Å². The predicted molar refractivity (Wildman–Crippen MR) is 70.3 cm³/mol. The minimum atomic E-state index is -0.421. The van der Waals surface area contributed by atoms with Crippen molar-refractivity contribution in [2.75, 3.05) is 7.11 Å². The molecule has 0 saturated carbocycles. The molecular weight excluding hydrogens is 244 g/mol. The van der Waals surface area contributed by atoms with Crippen molar-refractivity contribution in [1.82, 2.24) is 0 Å². The minimum Gasteiger partial charge on any atom is -0.507 e. The SMILES string of the molecule is COC(=O)c1cccc(-c2ccc(C=O)c(O)c2)c1. The van der Waals surface area contributed by atoms with Gasteiger partial charge < -0.3 is 9.84 Å². The van der Waals surface area contributed by atoms with Crippen LogP contribution >= 0.6 is 0 Å². The molecule has 2 rings (SSSR count). The third-order valence-corrected chi connectivity index (χ3v) is 2.77. The standard InChI is InChI=1S/C15H12O4/c1-19-15(18)12-4-2-3-10(7-12)11-5-6-13(9-16)14(17)8-11/h2-9,17H,1H3. The molecule has 1 N–H and O–H groups in total. The van der Waals surface area contributed by atoms with Crippen LogP contribution in [0.2, 0.25) is 0 Å². The van der Waals surface area contributed by atoms with E-state index < -0.39 is 5.97 Å². The number of carbonyl (C=O) groups excluding carboxylic acids is 2. The van der Waals surface area contributed by atoms with Gasteiger partial charge in [0.25, 0.3) is 0 Å². The van der Waals surface area contributed by atoms with Gasteiger partial charge in [0.2, 0.25) is 0 Å². The molecule has 2 aromatic carbocycles. The normalized spacial score (nSPS) is 9.95. The van der Waals surface area contributed by atoms with E-state index in [1.54, 1.807) is 24.3 Å². The molecule has 0 unspecified atom stereocenters. The van der Waals surface area contributed by atoms with Crippen molar-refractivity contribution in [3.05, 3.63) is 53.6 Å². The largest absolute Gasteiger partial charge is 0.507 e. The Morgan fingerprint density at radius 1 is 1.16 bits per heavy atom. The van der Waals surface area contributed by atoms with Gasteiger partial charge >= 0.3 is 5.97 Å². The number of hydrogen-bond acceptors (Lipinski definition) is 4. The fourth-order valence-corrected chi connectivity index (χ4v) is 1.77. The molecule has 0 aliphatic rings. The van der Waals surface area contributed by atoms with Crippen LogP contribution in [0.15, 0.2) is 42.5 Å². The first-order valence-corrected chi connectivity index (χ1v) is 5.62. The van der Waals surface area contributed by atoms with Crippen LogP contribution in [0.25, 0.3) is 11.1 Å². The molecule has 0 atom stereocenters. The van der Waals surface area contributed by atoms with Crippen molar-refractivity contribution in [2.45, 2.75) is 0 Å². The van der Waals surface area contributed by atoms with Gasteiger partial charge in [-0.3, -0.25) is 4.79 Å². The summed E-state index contributed by atoms with van der Waals surface area (Å²) in [5.74, 6) is -0.508. The van der Waals surface area contributed by atoms with Gasteiger partial charge in [0.15, 0.2) is 6.29 Å². The molecule has 0 radical (unpaired) electrons. The lowest BCUT2D eigenvalue weighted by molar-refractivity contribution is 0.0600. The fourth-order valence-electron chi connectivity index (χ4n) is 1.77. The molecule has 4 heteroatoms. The Balaban J connectivity index is 2.44. The zero-order chi connectivity index (χ0) is 13.8. The fraction of sp³-hybridized carbons (Fsp3) is 0.0667. The molecule has 0 spiro atoms. The van der Waals surface area contributed by atoms with Crippen molar-refractivity contribution in [3.8, 4) is 16.9 Å². The Hall–Kier alpha value is -2.62. The van der Waals surface area contributed by atoms with E-state index in [1.165, 1.54) is 19.2 Å². The summed E-state index contributed by atoms with van der Waals surface area (Å²) in [7, 11) is 1.32. The number of methoxy groups -OCH3 is 1. The molecule has 0 heterocycles. The van der Waals surface area contributed by atoms with E-state index in [4.69, 9.17) is 0 Å². The molecular formula is C15H12O4. The Labute approximate surface area is 110 Å². The van der Waals surface area contributed by atoms with E-state index in [0.717, 1.165) is 5.56 Å². The molecule has 0 aliphatic heterocycles. The molecule has 4 nitrogen and oxygen atoms in total. The lowest BCUT2D eigenvalue weighted by Gasteiger charge is -2.06. The first-order valence-electron chi connectivity index (χ1n) is 5.62. The number of esters is 1. The summed E-state index contributed by atoms with van der Waals surface area (Å²) in [6.45, 7) is 0. The molecule has 96 valence electrons. The zero-order valence-electron chi connectivity index (χ0n) is 10.3. The molecule has 0 aromatic heterocycles. The highest BCUT2D eigenvalue weighted by atomic mass is 16.5. The van der Waals surface area contributed by atoms with Gasteiger partial charge in [0.1, 0.15) is 5.75 Å². The number of benzene rings is 2. The third-order valence-electron chi connectivity index (χ3n) is 2.77. The van der Waals surface area contributed by atoms with Gasteiger partial charge in [-0.05, 0) is 35.4 Å². The van der Waals surface area contributed by atoms with Gasteiger partial charge in [0, 0.05) is 0 Å². The van der Waals surface area contributed by atoms with Crippen molar-refractivity contribution < 1.29 is 19.4 Å². The van der Waals surface area contributed by atoms with Crippen LogP contribution in [0, 0.1) is 0 Å². The molecule has 0 bridgehead atoms. The monoisotopic (exact) mass is 256 g/mol. The number of aldehydes is 1. The number of phenolic OH excluding ortho intramolecular Hbond substituents is 1.